The van der Waals surface area contributed by atoms with E-state index in [0.29, 0.717) is 45.6 Å². The summed E-state index contributed by atoms with van der Waals surface area (Å²) in [5, 5.41) is 5.19. The third kappa shape index (κ3) is 4.23. The highest BCUT2D eigenvalue weighted by molar-refractivity contribution is 5.98. The van der Waals surface area contributed by atoms with Gasteiger partial charge in [-0.2, -0.15) is 5.10 Å². The summed E-state index contributed by atoms with van der Waals surface area (Å²) >= 11 is 0. The molecule has 0 aliphatic carbocycles. The maximum atomic E-state index is 15.2. The summed E-state index contributed by atoms with van der Waals surface area (Å²) in [4.78, 5) is 18.2. The van der Waals surface area contributed by atoms with Crippen molar-refractivity contribution in [2.75, 3.05) is 13.7 Å². The van der Waals surface area contributed by atoms with Crippen LogP contribution in [0.2, 0.25) is 0 Å². The molecule has 1 aliphatic heterocycles. The molecule has 3 heterocycles. The van der Waals surface area contributed by atoms with Crippen molar-refractivity contribution in [3.63, 3.8) is 0 Å². The Kier molecular flexibility index (Phi) is 5.94. The zero-order valence-electron chi connectivity index (χ0n) is 19.6. The minimum Gasteiger partial charge on any atom is -0.486 e. The van der Waals surface area contributed by atoms with Gasteiger partial charge in [-0.15, -0.1) is 0 Å². The van der Waals surface area contributed by atoms with Crippen molar-refractivity contribution in [2.45, 2.75) is 26.1 Å². The van der Waals surface area contributed by atoms with E-state index in [9.17, 15) is 4.79 Å². The van der Waals surface area contributed by atoms with E-state index in [0.717, 1.165) is 0 Å². The Labute approximate surface area is 200 Å². The summed E-state index contributed by atoms with van der Waals surface area (Å²) in [6.07, 6.45) is 3.19. The quantitative estimate of drug-likeness (QED) is 0.392. The summed E-state index contributed by atoms with van der Waals surface area (Å²) in [6.45, 7) is 2.33. The monoisotopic (exact) mass is 478 g/mol. The van der Waals surface area contributed by atoms with Gasteiger partial charge in [-0.3, -0.25) is 14.5 Å². The second-order valence-electron chi connectivity index (χ2n) is 8.64. The molecule has 7 nitrogen and oxygen atoms in total. The first-order valence-corrected chi connectivity index (χ1v) is 11.2. The average Bonchev–Trinajstić information content (AvgIpc) is 3.36. The number of amides is 1. The van der Waals surface area contributed by atoms with Gasteiger partial charge in [0, 0.05) is 37.5 Å². The number of benzene rings is 2. The molecule has 5 rings (SSSR count). The van der Waals surface area contributed by atoms with Crippen LogP contribution in [-0.2, 0) is 24.9 Å². The van der Waals surface area contributed by atoms with Crippen molar-refractivity contribution in [1.82, 2.24) is 19.7 Å². The van der Waals surface area contributed by atoms with Gasteiger partial charge in [0.1, 0.15) is 29.0 Å². The molecule has 0 fully saturated rings. The fraction of sp³-hybridized carbons (Fsp3) is 0.269. The van der Waals surface area contributed by atoms with Crippen molar-refractivity contribution >= 4 is 16.8 Å². The van der Waals surface area contributed by atoms with Gasteiger partial charge in [0.05, 0.1) is 31.0 Å². The molecule has 0 spiro atoms. The lowest BCUT2D eigenvalue weighted by molar-refractivity contribution is 0.0763. The fourth-order valence-corrected chi connectivity index (χ4v) is 4.44. The molecule has 35 heavy (non-hydrogen) atoms. The third-order valence-electron chi connectivity index (χ3n) is 6.03. The number of pyridine rings is 1. The first kappa shape index (κ1) is 22.9. The van der Waals surface area contributed by atoms with Crippen LogP contribution in [-0.4, -0.2) is 45.4 Å². The van der Waals surface area contributed by atoms with Crippen molar-refractivity contribution < 1.29 is 23.0 Å². The highest BCUT2D eigenvalue weighted by atomic mass is 19.1. The van der Waals surface area contributed by atoms with Crippen molar-refractivity contribution in [1.29, 1.82) is 0 Å². The minimum absolute atomic E-state index is 0.161. The minimum atomic E-state index is -0.720. The van der Waals surface area contributed by atoms with Crippen LogP contribution >= 0.6 is 0 Å². The Hall–Kier alpha value is -3.85. The molecule has 0 unspecified atom stereocenters. The topological polar surface area (TPSA) is 69.5 Å². The maximum absolute atomic E-state index is 15.2. The van der Waals surface area contributed by atoms with Crippen molar-refractivity contribution in [2.24, 2.45) is 7.05 Å². The molecule has 180 valence electrons. The SMILES string of the molecule is COC[C@@H](C)Oc1ccc(-c2cc(F)c(CN3Cc4ncccc4C3=O)c(F)c2)c2cn(C)nc12. The van der Waals surface area contributed by atoms with Crippen LogP contribution in [0, 0.1) is 11.6 Å². The van der Waals surface area contributed by atoms with Crippen molar-refractivity contribution in [3.8, 4) is 16.9 Å². The number of halogens is 2. The van der Waals surface area contributed by atoms with Crippen LogP contribution in [0.1, 0.15) is 28.5 Å². The molecule has 0 saturated heterocycles. The molecule has 9 heteroatoms. The zero-order chi connectivity index (χ0) is 24.7. The molecular weight excluding hydrogens is 454 g/mol. The van der Waals surface area contributed by atoms with Gasteiger partial charge in [-0.1, -0.05) is 0 Å². The van der Waals surface area contributed by atoms with Gasteiger partial charge in [-0.05, 0) is 54.4 Å². The van der Waals surface area contributed by atoms with Gasteiger partial charge < -0.3 is 14.4 Å². The van der Waals surface area contributed by atoms with E-state index < -0.39 is 11.6 Å². The molecule has 0 N–H and O–H groups in total. The second kappa shape index (κ2) is 9.07. The zero-order valence-corrected chi connectivity index (χ0v) is 19.6. The first-order valence-electron chi connectivity index (χ1n) is 11.2. The van der Waals surface area contributed by atoms with E-state index in [1.54, 1.807) is 55.5 Å². The molecule has 0 saturated carbocycles. The number of rotatable bonds is 7. The molecule has 4 aromatic rings. The molecule has 2 aromatic carbocycles. The Bertz CT molecular complexity index is 1410. The number of aromatic nitrogens is 3. The van der Waals surface area contributed by atoms with E-state index in [1.165, 1.54) is 17.0 Å². The molecule has 2 aromatic heterocycles. The van der Waals surface area contributed by atoms with E-state index in [1.807, 2.05) is 6.92 Å². The van der Waals surface area contributed by atoms with Crippen LogP contribution in [0.25, 0.3) is 22.0 Å². The highest BCUT2D eigenvalue weighted by Gasteiger charge is 2.30. The van der Waals surface area contributed by atoms with Crippen LogP contribution < -0.4 is 4.74 Å². The molecule has 1 atom stereocenters. The Morgan fingerprint density at radius 2 is 1.91 bits per heavy atom. The summed E-state index contributed by atoms with van der Waals surface area (Å²) in [6, 6.07) is 9.43. The standard InChI is InChI=1S/C26H24F2N4O3/c1-15(14-34-3)35-24-7-6-17(19-11-31(2)30-25(19)24)16-9-21(27)20(22(28)10-16)12-32-13-23-18(26(32)33)5-4-8-29-23/h4-11,15H,12-14H2,1-3H3/t15-/m1/s1. The lowest BCUT2D eigenvalue weighted by Crippen LogP contribution is -2.24. The summed E-state index contributed by atoms with van der Waals surface area (Å²) < 4.78 is 43.1. The number of carbonyl (C=O) groups is 1. The Balaban J connectivity index is 1.47. The average molecular weight is 478 g/mol. The lowest BCUT2D eigenvalue weighted by atomic mass is 9.99. The van der Waals surface area contributed by atoms with Crippen molar-refractivity contribution in [3.05, 3.63) is 77.2 Å². The number of ether oxygens (including phenoxy) is 2. The number of methoxy groups -OCH3 is 1. The fourth-order valence-electron chi connectivity index (χ4n) is 4.44. The number of nitrogens with zero attached hydrogens (tertiary/aromatic N) is 4. The van der Waals surface area contributed by atoms with Crippen LogP contribution in [0.15, 0.2) is 48.8 Å². The van der Waals surface area contributed by atoms with Gasteiger partial charge in [0.2, 0.25) is 0 Å². The smallest absolute Gasteiger partial charge is 0.256 e. The molecule has 1 aliphatic rings. The lowest BCUT2D eigenvalue weighted by Gasteiger charge is -2.18. The third-order valence-corrected chi connectivity index (χ3v) is 6.03. The summed E-state index contributed by atoms with van der Waals surface area (Å²) in [5.74, 6) is -1.16. The molecule has 0 radical (unpaired) electrons. The number of carbonyl (C=O) groups excluding carboxylic acids is 1. The number of hydrogen-bond acceptors (Lipinski definition) is 5. The van der Waals surface area contributed by atoms with E-state index in [-0.39, 0.29) is 30.7 Å². The van der Waals surface area contributed by atoms with Crippen LogP contribution in [0.5, 0.6) is 5.75 Å². The van der Waals surface area contributed by atoms with E-state index in [2.05, 4.69) is 10.1 Å². The van der Waals surface area contributed by atoms with Gasteiger partial charge in [-0.25, -0.2) is 8.78 Å². The number of hydrogen-bond donors (Lipinski definition) is 0. The molecule has 1 amide bonds. The predicted octanol–water partition coefficient (Wildman–Crippen LogP) is 4.48. The van der Waals surface area contributed by atoms with Gasteiger partial charge >= 0.3 is 0 Å². The van der Waals surface area contributed by atoms with Gasteiger partial charge in [0.25, 0.3) is 5.91 Å². The Morgan fingerprint density at radius 3 is 2.63 bits per heavy atom. The van der Waals surface area contributed by atoms with E-state index in [4.69, 9.17) is 9.47 Å². The van der Waals surface area contributed by atoms with Crippen LogP contribution in [0.4, 0.5) is 8.78 Å². The predicted molar refractivity (Wildman–Crippen MR) is 126 cm³/mol. The number of fused-ring (bicyclic) bond motifs is 2. The Morgan fingerprint density at radius 1 is 1.14 bits per heavy atom. The second-order valence-corrected chi connectivity index (χ2v) is 8.64. The summed E-state index contributed by atoms with van der Waals surface area (Å²) in [5.41, 5.74) is 2.49. The molecular formula is C26H24F2N4O3. The van der Waals surface area contributed by atoms with E-state index >= 15 is 8.78 Å². The normalized spacial score (nSPS) is 14.0. The van der Waals surface area contributed by atoms with Crippen LogP contribution in [0.3, 0.4) is 0 Å². The first-order chi connectivity index (χ1) is 16.9. The number of aryl methyl sites for hydroxylation is 1. The van der Waals surface area contributed by atoms with Gasteiger partial charge in [0.15, 0.2) is 0 Å². The summed E-state index contributed by atoms with van der Waals surface area (Å²) in [7, 11) is 3.37. The largest absolute Gasteiger partial charge is 0.486 e. The molecule has 0 bridgehead atoms. The maximum Gasteiger partial charge on any atom is 0.256 e. The highest BCUT2D eigenvalue weighted by Crippen LogP contribution is 2.36.